The van der Waals surface area contributed by atoms with E-state index in [1.807, 2.05) is 26.5 Å². The first-order valence-corrected chi connectivity index (χ1v) is 12.3. The van der Waals surface area contributed by atoms with Crippen LogP contribution in [0, 0.1) is 12.8 Å². The quantitative estimate of drug-likeness (QED) is 0.620. The SMILES string of the molecule is CCn1c(SCC(=O)N2CCCC(C(=O)N3CCOCC3)C2)nnc1-c1cccc(C)c1. The van der Waals surface area contributed by atoms with E-state index in [9.17, 15) is 9.59 Å². The molecule has 0 radical (unpaired) electrons. The van der Waals surface area contributed by atoms with Gasteiger partial charge < -0.3 is 19.1 Å². The van der Waals surface area contributed by atoms with Gasteiger partial charge in [0.2, 0.25) is 11.8 Å². The number of aryl methyl sites for hydroxylation is 1. The van der Waals surface area contributed by atoms with Crippen LogP contribution in [0.15, 0.2) is 29.4 Å². The topological polar surface area (TPSA) is 80.6 Å². The number of ether oxygens (including phenoxy) is 1. The molecule has 2 aromatic rings. The van der Waals surface area contributed by atoms with Gasteiger partial charge in [-0.15, -0.1) is 10.2 Å². The summed E-state index contributed by atoms with van der Waals surface area (Å²) in [6.45, 7) is 8.55. The molecule has 0 bridgehead atoms. The molecule has 1 unspecified atom stereocenters. The Labute approximate surface area is 193 Å². The number of rotatable bonds is 6. The van der Waals surface area contributed by atoms with E-state index in [0.717, 1.165) is 35.9 Å². The van der Waals surface area contributed by atoms with Crippen LogP contribution in [-0.2, 0) is 20.9 Å². The largest absolute Gasteiger partial charge is 0.378 e. The summed E-state index contributed by atoms with van der Waals surface area (Å²) in [5.74, 6) is 1.22. The van der Waals surface area contributed by atoms with Crippen LogP contribution in [0.3, 0.4) is 0 Å². The van der Waals surface area contributed by atoms with Crippen molar-refractivity contribution >= 4 is 23.6 Å². The smallest absolute Gasteiger partial charge is 0.233 e. The molecule has 2 amide bonds. The second kappa shape index (κ2) is 10.5. The molecular weight excluding hydrogens is 426 g/mol. The minimum atomic E-state index is -0.108. The lowest BCUT2D eigenvalue weighted by Gasteiger charge is -2.36. The maximum absolute atomic E-state index is 12.9. The molecule has 2 aliphatic rings. The molecule has 9 heteroatoms. The number of hydrogen-bond donors (Lipinski definition) is 0. The number of hydrogen-bond acceptors (Lipinski definition) is 6. The summed E-state index contributed by atoms with van der Waals surface area (Å²) in [5, 5.41) is 9.48. The van der Waals surface area contributed by atoms with Crippen LogP contribution in [0.5, 0.6) is 0 Å². The first-order chi connectivity index (χ1) is 15.6. The van der Waals surface area contributed by atoms with Crippen LogP contribution in [0.4, 0.5) is 0 Å². The average molecular weight is 458 g/mol. The maximum atomic E-state index is 12.9. The van der Waals surface area contributed by atoms with Gasteiger partial charge in [0.15, 0.2) is 11.0 Å². The van der Waals surface area contributed by atoms with Crippen LogP contribution >= 0.6 is 11.8 Å². The molecule has 2 saturated heterocycles. The summed E-state index contributed by atoms with van der Waals surface area (Å²) in [7, 11) is 0. The molecule has 32 heavy (non-hydrogen) atoms. The molecule has 2 aliphatic heterocycles. The zero-order valence-electron chi connectivity index (χ0n) is 18.8. The minimum Gasteiger partial charge on any atom is -0.378 e. The second-order valence-electron chi connectivity index (χ2n) is 8.33. The number of carbonyl (C=O) groups is 2. The number of nitrogens with zero attached hydrogens (tertiary/aromatic N) is 5. The number of likely N-dealkylation sites (tertiary alicyclic amines) is 1. The number of amides is 2. The van der Waals surface area contributed by atoms with E-state index in [1.54, 1.807) is 0 Å². The number of thioether (sulfide) groups is 1. The predicted octanol–water partition coefficient (Wildman–Crippen LogP) is 2.46. The molecule has 0 spiro atoms. The average Bonchev–Trinajstić information content (AvgIpc) is 3.25. The summed E-state index contributed by atoms with van der Waals surface area (Å²) in [4.78, 5) is 29.5. The van der Waals surface area contributed by atoms with Crippen molar-refractivity contribution in [1.82, 2.24) is 24.6 Å². The molecule has 4 rings (SSSR count). The maximum Gasteiger partial charge on any atom is 0.233 e. The number of aromatic nitrogens is 3. The van der Waals surface area contributed by atoms with Crippen LogP contribution in [0.1, 0.15) is 25.3 Å². The van der Waals surface area contributed by atoms with Crippen molar-refractivity contribution in [2.24, 2.45) is 5.92 Å². The lowest BCUT2D eigenvalue weighted by molar-refractivity contribution is -0.143. The van der Waals surface area contributed by atoms with Crippen molar-refractivity contribution < 1.29 is 14.3 Å². The molecule has 1 aromatic carbocycles. The first-order valence-electron chi connectivity index (χ1n) is 11.3. The van der Waals surface area contributed by atoms with E-state index in [1.165, 1.54) is 17.3 Å². The Balaban J connectivity index is 1.36. The zero-order valence-corrected chi connectivity index (χ0v) is 19.6. The van der Waals surface area contributed by atoms with Gasteiger partial charge in [0, 0.05) is 38.3 Å². The normalized spacial score (nSPS) is 19.2. The van der Waals surface area contributed by atoms with Crippen LogP contribution < -0.4 is 0 Å². The lowest BCUT2D eigenvalue weighted by atomic mass is 9.96. The third-order valence-corrected chi connectivity index (χ3v) is 7.03. The van der Waals surface area contributed by atoms with Crippen molar-refractivity contribution in [3.8, 4) is 11.4 Å². The minimum absolute atomic E-state index is 0.0530. The molecule has 0 N–H and O–H groups in total. The molecule has 1 aromatic heterocycles. The van der Waals surface area contributed by atoms with Crippen molar-refractivity contribution in [3.63, 3.8) is 0 Å². The highest BCUT2D eigenvalue weighted by Gasteiger charge is 2.32. The number of piperidine rings is 1. The standard InChI is InChI=1S/C23H31N5O3S/c1-3-28-21(18-7-4-6-17(2)14-18)24-25-23(28)32-16-20(29)27-9-5-8-19(15-27)22(30)26-10-12-31-13-11-26/h4,6-7,14,19H,3,5,8-13,15-16H2,1-2H3. The number of morpholine rings is 1. The van der Waals surface area contributed by atoms with E-state index >= 15 is 0 Å². The van der Waals surface area contributed by atoms with Gasteiger partial charge in [-0.3, -0.25) is 9.59 Å². The predicted molar refractivity (Wildman–Crippen MR) is 123 cm³/mol. The highest BCUT2D eigenvalue weighted by Crippen LogP contribution is 2.26. The van der Waals surface area contributed by atoms with Gasteiger partial charge in [0.1, 0.15) is 0 Å². The van der Waals surface area contributed by atoms with E-state index in [4.69, 9.17) is 4.74 Å². The summed E-state index contributed by atoms with van der Waals surface area (Å²) >= 11 is 1.42. The van der Waals surface area contributed by atoms with Gasteiger partial charge in [-0.1, -0.05) is 35.5 Å². The molecule has 172 valence electrons. The third kappa shape index (κ3) is 5.15. The second-order valence-corrected chi connectivity index (χ2v) is 9.27. The summed E-state index contributed by atoms with van der Waals surface area (Å²) in [6.07, 6.45) is 1.71. The highest BCUT2D eigenvalue weighted by atomic mass is 32.2. The molecule has 1 atom stereocenters. The Morgan fingerprint density at radius 2 is 1.97 bits per heavy atom. The monoisotopic (exact) mass is 457 g/mol. The molecule has 8 nitrogen and oxygen atoms in total. The van der Waals surface area contributed by atoms with Crippen molar-refractivity contribution in [3.05, 3.63) is 29.8 Å². The van der Waals surface area contributed by atoms with Crippen molar-refractivity contribution in [2.45, 2.75) is 38.4 Å². The van der Waals surface area contributed by atoms with E-state index in [2.05, 4.69) is 36.2 Å². The fourth-order valence-corrected chi connectivity index (χ4v) is 5.25. The molecule has 0 saturated carbocycles. The van der Waals surface area contributed by atoms with E-state index < -0.39 is 0 Å². The van der Waals surface area contributed by atoms with Crippen LogP contribution in [0.25, 0.3) is 11.4 Å². The Morgan fingerprint density at radius 3 is 2.72 bits per heavy atom. The van der Waals surface area contributed by atoms with Crippen molar-refractivity contribution in [1.29, 1.82) is 0 Å². The molecule has 3 heterocycles. The van der Waals surface area contributed by atoms with E-state index in [-0.39, 0.29) is 17.7 Å². The van der Waals surface area contributed by atoms with Gasteiger partial charge in [0.25, 0.3) is 0 Å². The number of benzene rings is 1. The lowest BCUT2D eigenvalue weighted by Crippen LogP contribution is -2.49. The van der Waals surface area contributed by atoms with E-state index in [0.29, 0.717) is 45.1 Å². The molecule has 0 aliphatic carbocycles. The molecular formula is C23H31N5O3S. The third-order valence-electron chi connectivity index (χ3n) is 6.08. The van der Waals surface area contributed by atoms with Crippen LogP contribution in [0.2, 0.25) is 0 Å². The zero-order chi connectivity index (χ0) is 22.5. The van der Waals surface area contributed by atoms with Gasteiger partial charge in [-0.2, -0.15) is 0 Å². The summed E-state index contributed by atoms with van der Waals surface area (Å²) in [6, 6.07) is 8.19. The number of carbonyl (C=O) groups excluding carboxylic acids is 2. The highest BCUT2D eigenvalue weighted by molar-refractivity contribution is 7.99. The fourth-order valence-electron chi connectivity index (χ4n) is 4.34. The first kappa shape index (κ1) is 22.8. The Hall–Kier alpha value is -2.39. The Morgan fingerprint density at radius 1 is 1.16 bits per heavy atom. The van der Waals surface area contributed by atoms with Gasteiger partial charge in [-0.25, -0.2) is 0 Å². The van der Waals surface area contributed by atoms with Crippen molar-refractivity contribution in [2.75, 3.05) is 45.1 Å². The summed E-state index contributed by atoms with van der Waals surface area (Å²) in [5.41, 5.74) is 2.20. The van der Waals surface area contributed by atoms with Gasteiger partial charge in [-0.05, 0) is 32.8 Å². The van der Waals surface area contributed by atoms with Gasteiger partial charge in [0.05, 0.1) is 24.9 Å². The van der Waals surface area contributed by atoms with Gasteiger partial charge >= 0.3 is 0 Å². The summed E-state index contributed by atoms with van der Waals surface area (Å²) < 4.78 is 7.40. The molecule has 2 fully saturated rings. The Bertz CT molecular complexity index is 957. The Kier molecular flexibility index (Phi) is 7.47. The fraction of sp³-hybridized carbons (Fsp3) is 0.565. The van der Waals surface area contributed by atoms with Crippen LogP contribution in [-0.4, -0.2) is 81.5 Å².